The molecule has 398 valence electrons. The molecule has 0 spiro atoms. The van der Waals surface area contributed by atoms with Crippen molar-refractivity contribution in [2.45, 2.75) is 74.2 Å². The van der Waals surface area contributed by atoms with E-state index in [2.05, 4.69) is 20.4 Å². The molecular formula is C52H52F6N12O6. The van der Waals surface area contributed by atoms with E-state index in [0.29, 0.717) is 124 Å². The van der Waals surface area contributed by atoms with E-state index in [-0.39, 0.29) is 24.1 Å². The van der Waals surface area contributed by atoms with Gasteiger partial charge in [-0.05, 0) is 71.5 Å². The third-order valence-electron chi connectivity index (χ3n) is 15.7. The lowest BCUT2D eigenvalue weighted by atomic mass is 9.75. The predicted octanol–water partition coefficient (Wildman–Crippen LogP) is 4.61. The summed E-state index contributed by atoms with van der Waals surface area (Å²) < 4.78 is 107. The molecule has 4 saturated heterocycles. The van der Waals surface area contributed by atoms with Crippen LogP contribution in [0.1, 0.15) is 57.9 Å². The van der Waals surface area contributed by atoms with Crippen LogP contribution in [0.2, 0.25) is 0 Å². The second-order valence-electron chi connectivity index (χ2n) is 20.9. The van der Waals surface area contributed by atoms with Gasteiger partial charge in [0.1, 0.15) is 11.6 Å². The molecule has 6 aromatic heterocycles. The molecule has 0 bridgehead atoms. The minimum atomic E-state index is -4.74. The van der Waals surface area contributed by atoms with E-state index < -0.39 is 57.9 Å². The maximum absolute atomic E-state index is 14.5. The molecule has 4 aliphatic heterocycles. The van der Waals surface area contributed by atoms with Gasteiger partial charge in [0.05, 0.1) is 72.2 Å². The molecule has 0 radical (unpaired) electrons. The van der Waals surface area contributed by atoms with E-state index in [0.717, 1.165) is 32.1 Å². The van der Waals surface area contributed by atoms with E-state index in [4.69, 9.17) is 9.47 Å². The molecule has 24 heteroatoms. The summed E-state index contributed by atoms with van der Waals surface area (Å²) in [6.45, 7) is 3.23. The van der Waals surface area contributed by atoms with E-state index in [1.165, 1.54) is 33.9 Å². The normalized spacial score (nSPS) is 20.0. The highest BCUT2D eigenvalue weighted by atomic mass is 19.4. The molecule has 4 aliphatic rings. The molecule has 76 heavy (non-hydrogen) atoms. The Kier molecular flexibility index (Phi) is 12.1. The first-order valence-corrected chi connectivity index (χ1v) is 24.9. The highest BCUT2D eigenvalue weighted by Gasteiger charge is 2.45. The summed E-state index contributed by atoms with van der Waals surface area (Å²) >= 11 is 0. The fourth-order valence-corrected chi connectivity index (χ4v) is 11.4. The smallest absolute Gasteiger partial charge is 0.392 e. The monoisotopic (exact) mass is 1050 g/mol. The van der Waals surface area contributed by atoms with E-state index >= 15 is 0 Å². The lowest BCUT2D eigenvalue weighted by Crippen LogP contribution is -2.49. The summed E-state index contributed by atoms with van der Waals surface area (Å²) in [5.41, 5.74) is -2.07. The van der Waals surface area contributed by atoms with Crippen LogP contribution in [-0.4, -0.2) is 132 Å². The van der Waals surface area contributed by atoms with E-state index in [1.54, 1.807) is 36.4 Å². The summed E-state index contributed by atoms with van der Waals surface area (Å²) in [5.74, 6) is 2.03. The average Bonchev–Trinajstić information content (AvgIpc) is 4.24. The van der Waals surface area contributed by atoms with Crippen LogP contribution >= 0.6 is 0 Å². The molecule has 10 heterocycles. The molecule has 2 N–H and O–H groups in total. The van der Waals surface area contributed by atoms with Gasteiger partial charge in [-0.3, -0.25) is 27.7 Å². The van der Waals surface area contributed by atoms with Gasteiger partial charge < -0.3 is 28.8 Å². The Hall–Kier alpha value is -6.96. The number of aliphatic hydroxyl groups is 2. The summed E-state index contributed by atoms with van der Waals surface area (Å²) in [5, 5.41) is 38.2. The molecule has 4 fully saturated rings. The van der Waals surface area contributed by atoms with Crippen molar-refractivity contribution in [2.24, 2.45) is 14.1 Å². The van der Waals surface area contributed by atoms with Gasteiger partial charge in [0.2, 0.25) is 11.6 Å². The summed E-state index contributed by atoms with van der Waals surface area (Å²) in [6.07, 6.45) is -3.54. The van der Waals surface area contributed by atoms with Crippen LogP contribution in [0.5, 0.6) is 0 Å². The summed E-state index contributed by atoms with van der Waals surface area (Å²) in [4.78, 5) is 31.6. The van der Waals surface area contributed by atoms with Gasteiger partial charge >= 0.3 is 23.7 Å². The number of likely N-dealkylation sites (tertiary alicyclic amines) is 2. The number of aromatic nitrogens is 10. The number of alkyl halides is 6. The van der Waals surface area contributed by atoms with Crippen molar-refractivity contribution in [2.75, 3.05) is 52.6 Å². The fourth-order valence-electron chi connectivity index (χ4n) is 11.4. The van der Waals surface area contributed by atoms with Crippen LogP contribution in [0.15, 0.2) is 95.0 Å². The van der Waals surface area contributed by atoms with Gasteiger partial charge in [-0.15, -0.1) is 20.4 Å². The maximum Gasteiger partial charge on any atom is 0.418 e. The second-order valence-corrected chi connectivity index (χ2v) is 20.9. The number of halogens is 6. The van der Waals surface area contributed by atoms with Crippen LogP contribution in [0, 0.1) is 0 Å². The molecule has 12 rings (SSSR count). The number of pyridine rings is 2. The van der Waals surface area contributed by atoms with Gasteiger partial charge in [0.15, 0.2) is 0 Å². The zero-order valence-electron chi connectivity index (χ0n) is 41.3. The number of benzene rings is 2. The number of hydrogen-bond acceptors (Lipinski definition) is 12. The molecule has 0 unspecified atom stereocenters. The number of imidazole rings is 2. The van der Waals surface area contributed by atoms with Crippen LogP contribution in [0.3, 0.4) is 0 Å². The molecule has 0 saturated carbocycles. The van der Waals surface area contributed by atoms with Gasteiger partial charge in [-0.25, -0.2) is 9.59 Å². The number of fused-ring (bicyclic) bond motifs is 2. The number of hydrogen-bond donors (Lipinski definition) is 2. The largest absolute Gasteiger partial charge is 0.418 e. The van der Waals surface area contributed by atoms with E-state index in [9.17, 15) is 46.1 Å². The van der Waals surface area contributed by atoms with Crippen molar-refractivity contribution in [1.82, 2.24) is 57.3 Å². The number of nitrogens with zero attached hydrogens (tertiary/aromatic N) is 12. The maximum atomic E-state index is 14.5. The van der Waals surface area contributed by atoms with Crippen LogP contribution in [0.4, 0.5) is 26.3 Å². The fraction of sp³-hybridized carbons (Fsp3) is 0.423. The van der Waals surface area contributed by atoms with Crippen molar-refractivity contribution in [3.8, 4) is 23.0 Å². The summed E-state index contributed by atoms with van der Waals surface area (Å²) in [6, 6.07) is 16.3. The molecule has 2 atom stereocenters. The van der Waals surface area contributed by atoms with Crippen LogP contribution in [0.25, 0.3) is 34.1 Å². The standard InChI is InChI=1S/C52H52F6N12O6/c1-63-43(17-49(27-75-28-49)33-5-3-7-35(15-33)67-25-41-39(51(53,54)55)13-31(21-69(41)47(67)73)19-65-11-9-37(71)23-65)59-61-45(63)46-62-60-44(64(46)2)18-50(29-76-30-50)34-6-4-8-36(16-34)68-26-42-40(52(56,57)58)14-32(22-70(42)48(68)74)20-66-12-10-38(72)24-66/h3-8,13-16,21-22,25-26,37-38,71-72H,9-12,17-20,23-24,27-30H2,1-2H3/t37-,38+. The predicted molar refractivity (Wildman–Crippen MR) is 261 cm³/mol. The van der Waals surface area contributed by atoms with Crippen LogP contribution in [-0.2, 0) is 72.7 Å². The molecule has 8 aromatic rings. The lowest BCUT2D eigenvalue weighted by Gasteiger charge is -2.42. The average molecular weight is 1060 g/mol. The Morgan fingerprint density at radius 3 is 1.34 bits per heavy atom. The molecule has 0 aliphatic carbocycles. The van der Waals surface area contributed by atoms with E-state index in [1.807, 2.05) is 45.2 Å². The number of β-amino-alcohol motifs (C(OH)–C–C–N with tert-alkyl or cyclic N) is 2. The van der Waals surface area contributed by atoms with Gasteiger partial charge in [-0.1, -0.05) is 24.3 Å². The Labute approximate surface area is 428 Å². The molecule has 18 nitrogen and oxygen atoms in total. The topological polar surface area (TPSA) is 180 Å². The molecular weight excluding hydrogens is 1000 g/mol. The molecule has 0 amide bonds. The molecule has 2 aromatic carbocycles. The zero-order valence-corrected chi connectivity index (χ0v) is 41.3. The Morgan fingerprint density at radius 1 is 0.592 bits per heavy atom. The number of ether oxygens (including phenoxy) is 2. The first-order chi connectivity index (χ1) is 36.3. The zero-order chi connectivity index (χ0) is 53.1. The first kappa shape index (κ1) is 49.9. The van der Waals surface area contributed by atoms with Crippen molar-refractivity contribution >= 4 is 11.0 Å². The van der Waals surface area contributed by atoms with Crippen molar-refractivity contribution in [3.63, 3.8) is 0 Å². The van der Waals surface area contributed by atoms with Crippen LogP contribution < -0.4 is 11.4 Å². The first-order valence-electron chi connectivity index (χ1n) is 24.9. The highest BCUT2D eigenvalue weighted by Crippen LogP contribution is 2.40. The minimum Gasteiger partial charge on any atom is -0.392 e. The third-order valence-corrected chi connectivity index (χ3v) is 15.7. The van der Waals surface area contributed by atoms with Crippen molar-refractivity contribution in [3.05, 3.63) is 151 Å². The van der Waals surface area contributed by atoms with Crippen molar-refractivity contribution in [1.29, 1.82) is 0 Å². The Balaban J connectivity index is 0.793. The SMILES string of the molecule is Cn1c(CC2(c3cccc(-n4cc5c(C(F)(F)F)cc(CN6CC[C@@H](O)C6)cn5c4=O)c3)COC2)nnc1-c1nnc(CC2(c3cccc(-n4cc5c(C(F)(F)F)cc(CN6CC[C@H](O)C6)cn5c4=O)c3)COC2)n1C. The highest BCUT2D eigenvalue weighted by molar-refractivity contribution is 5.60. The minimum absolute atomic E-state index is 0.150. The summed E-state index contributed by atoms with van der Waals surface area (Å²) in [7, 11) is 3.62. The Morgan fingerprint density at radius 2 is 1.00 bits per heavy atom. The van der Waals surface area contributed by atoms with Crippen molar-refractivity contribution < 1.29 is 46.0 Å². The third kappa shape index (κ3) is 8.73. The van der Waals surface area contributed by atoms with Gasteiger partial charge in [0.25, 0.3) is 0 Å². The number of aliphatic hydroxyl groups excluding tert-OH is 2. The Bertz CT molecular complexity index is 3440. The van der Waals surface area contributed by atoms with Gasteiger partial charge in [-0.2, -0.15) is 26.3 Å². The number of rotatable bonds is 13. The van der Waals surface area contributed by atoms with Gasteiger partial charge in [0, 0.05) is 102 Å². The lowest BCUT2D eigenvalue weighted by molar-refractivity contribution is -0.137. The second kappa shape index (κ2) is 18.4. The quantitative estimate of drug-likeness (QED) is 0.154.